The fraction of sp³-hybridized carbons (Fsp3) is 0.711. The molecule has 1 N–H and O–H groups in total. The monoisotopic (exact) mass is 614 g/mol. The zero-order valence-electron chi connectivity index (χ0n) is 27.5. The van der Waals surface area contributed by atoms with Crippen LogP contribution in [0.4, 0.5) is 0 Å². The average Bonchev–Trinajstić information content (AvgIpc) is 3.68. The molecule has 4 heterocycles. The van der Waals surface area contributed by atoms with E-state index in [2.05, 4.69) is 37.6 Å². The molecule has 45 heavy (non-hydrogen) atoms. The zero-order chi connectivity index (χ0) is 31.3. The van der Waals surface area contributed by atoms with Crippen LogP contribution in [0.2, 0.25) is 0 Å². The van der Waals surface area contributed by atoms with Gasteiger partial charge in [-0.15, -0.1) is 0 Å². The van der Waals surface area contributed by atoms with E-state index < -0.39 is 17.1 Å². The highest BCUT2D eigenvalue weighted by molar-refractivity contribution is 6.24. The summed E-state index contributed by atoms with van der Waals surface area (Å²) in [6, 6.07) is 5.63. The van der Waals surface area contributed by atoms with Crippen molar-refractivity contribution in [2.75, 3.05) is 19.6 Å². The maximum Gasteiger partial charge on any atom is 0.335 e. The lowest BCUT2D eigenvalue weighted by atomic mass is 9.43. The van der Waals surface area contributed by atoms with Gasteiger partial charge in [0.15, 0.2) is 5.78 Å². The number of epoxide rings is 1. The van der Waals surface area contributed by atoms with E-state index in [-0.39, 0.29) is 41.2 Å². The number of nitrogens with zero attached hydrogens (tertiary/aromatic N) is 2. The number of pyridine rings is 1. The number of fused-ring (bicyclic) bond motifs is 4. The van der Waals surface area contributed by atoms with Crippen LogP contribution >= 0.6 is 0 Å². The van der Waals surface area contributed by atoms with Crippen molar-refractivity contribution in [2.24, 2.45) is 40.4 Å². The summed E-state index contributed by atoms with van der Waals surface area (Å²) in [6.07, 6.45) is 12.2. The summed E-state index contributed by atoms with van der Waals surface area (Å²) in [5.41, 5.74) is 1.81. The van der Waals surface area contributed by atoms with E-state index in [0.29, 0.717) is 29.0 Å². The molecule has 1 spiro atoms. The zero-order valence-corrected chi connectivity index (χ0v) is 27.5. The maximum atomic E-state index is 14.5. The van der Waals surface area contributed by atoms with Gasteiger partial charge in [0.2, 0.25) is 0 Å². The first-order valence-electron chi connectivity index (χ1n) is 17.8. The number of likely N-dealkylation sites (tertiary alicyclic amines) is 1. The van der Waals surface area contributed by atoms with Crippen LogP contribution in [0, 0.1) is 40.4 Å². The number of aliphatic hydroxyl groups excluding tert-OH is 1. The Hall–Kier alpha value is -2.35. The molecule has 0 amide bonds. The second kappa shape index (κ2) is 10.6. The van der Waals surface area contributed by atoms with Crippen LogP contribution in [0.1, 0.15) is 91.2 Å². The van der Waals surface area contributed by atoms with Gasteiger partial charge in [-0.1, -0.05) is 31.9 Å². The molecule has 0 bridgehead atoms. The first-order valence-corrected chi connectivity index (χ1v) is 17.8. The molecule has 8 rings (SSSR count). The van der Waals surface area contributed by atoms with Gasteiger partial charge >= 0.3 is 5.97 Å². The van der Waals surface area contributed by atoms with Crippen LogP contribution in [0.5, 0.6) is 0 Å². The number of esters is 1. The summed E-state index contributed by atoms with van der Waals surface area (Å²) in [5, 5.41) is 11.5. The van der Waals surface area contributed by atoms with Crippen LogP contribution in [0.3, 0.4) is 0 Å². The molecule has 0 radical (unpaired) electrons. The van der Waals surface area contributed by atoms with Gasteiger partial charge in [0.25, 0.3) is 0 Å². The fourth-order valence-electron chi connectivity index (χ4n) is 11.9. The van der Waals surface area contributed by atoms with E-state index in [9.17, 15) is 14.7 Å². The van der Waals surface area contributed by atoms with Crippen LogP contribution in [-0.4, -0.2) is 70.3 Å². The van der Waals surface area contributed by atoms with Gasteiger partial charge in [0, 0.05) is 24.7 Å². The Kier molecular flexibility index (Phi) is 7.06. The molecule has 7 heteroatoms. The number of cyclic esters (lactones) is 1. The first kappa shape index (κ1) is 30.0. The molecule has 7 aliphatic rings. The van der Waals surface area contributed by atoms with Crippen molar-refractivity contribution in [2.45, 2.75) is 109 Å². The van der Waals surface area contributed by atoms with E-state index in [1.54, 1.807) is 12.3 Å². The van der Waals surface area contributed by atoms with Crippen molar-refractivity contribution < 1.29 is 24.2 Å². The molecule has 5 fully saturated rings. The fourth-order valence-corrected chi connectivity index (χ4v) is 11.9. The molecule has 11 atom stereocenters. The Bertz CT molecular complexity index is 1450. The van der Waals surface area contributed by atoms with E-state index in [0.717, 1.165) is 63.7 Å². The average molecular weight is 615 g/mol. The number of carbonyl (C=O) groups excluding carboxylic acids is 2. The normalized spacial score (nSPS) is 45.1. The number of carbonyl (C=O) groups is 2. The second-order valence-electron chi connectivity index (χ2n) is 16.1. The predicted molar refractivity (Wildman–Crippen MR) is 171 cm³/mol. The smallest absolute Gasteiger partial charge is 0.335 e. The van der Waals surface area contributed by atoms with E-state index in [4.69, 9.17) is 9.47 Å². The molecule has 2 saturated heterocycles. The van der Waals surface area contributed by atoms with Gasteiger partial charge in [-0.05, 0) is 125 Å². The summed E-state index contributed by atoms with van der Waals surface area (Å²) in [6.45, 7) is 11.9. The predicted octanol–water partition coefficient (Wildman–Crippen LogP) is 5.77. The molecule has 0 aromatic carbocycles. The van der Waals surface area contributed by atoms with Crippen LogP contribution in [0.15, 0.2) is 41.6 Å². The summed E-state index contributed by atoms with van der Waals surface area (Å²) in [7, 11) is 0. The van der Waals surface area contributed by atoms with Gasteiger partial charge in [-0.3, -0.25) is 14.7 Å². The summed E-state index contributed by atoms with van der Waals surface area (Å²) in [4.78, 5) is 34.8. The molecule has 1 aromatic rings. The molecule has 3 aliphatic heterocycles. The number of aliphatic hydroxyl groups is 1. The van der Waals surface area contributed by atoms with Crippen molar-refractivity contribution in [3.05, 3.63) is 47.3 Å². The van der Waals surface area contributed by atoms with E-state index in [1.165, 1.54) is 24.8 Å². The van der Waals surface area contributed by atoms with Crippen molar-refractivity contribution in [3.8, 4) is 0 Å². The van der Waals surface area contributed by atoms with Crippen LogP contribution in [-0.2, 0) is 19.1 Å². The lowest BCUT2D eigenvalue weighted by Gasteiger charge is -2.58. The summed E-state index contributed by atoms with van der Waals surface area (Å²) >= 11 is 0. The lowest BCUT2D eigenvalue weighted by molar-refractivity contribution is -0.155. The number of Topliss-reactive ketones (excluding diaryl/α,β-unsaturated/α-hetero) is 1. The molecule has 1 aromatic heterocycles. The Morgan fingerprint density at radius 2 is 1.89 bits per heavy atom. The molecule has 242 valence electrons. The first-order chi connectivity index (χ1) is 21.6. The number of ether oxygens (including phenoxy) is 2. The van der Waals surface area contributed by atoms with Crippen molar-refractivity contribution >= 4 is 17.3 Å². The van der Waals surface area contributed by atoms with Gasteiger partial charge in [0.1, 0.15) is 17.8 Å². The lowest BCUT2D eigenvalue weighted by Crippen LogP contribution is -2.64. The Morgan fingerprint density at radius 1 is 1.09 bits per heavy atom. The van der Waals surface area contributed by atoms with Gasteiger partial charge < -0.3 is 14.6 Å². The number of hydrogen-bond acceptors (Lipinski definition) is 7. The van der Waals surface area contributed by atoms with Crippen molar-refractivity contribution in [1.29, 1.82) is 0 Å². The number of rotatable bonds is 5. The molecule has 7 nitrogen and oxygen atoms in total. The SMILES string of the molecule is CC1=C(CN2CCCCC2)C(=O)OC([C@@H](C)[C@H]2CC[C@H]3[C@@H]4C[C@H]5O[C@]56[C@@H](O)C=C(c5ccccn5)C(=O)[C@]6(C)[C@H]4CC[C@]23C)C1. The third kappa shape index (κ3) is 4.21. The maximum absolute atomic E-state index is 14.5. The van der Waals surface area contributed by atoms with Gasteiger partial charge in [0.05, 0.1) is 22.8 Å². The van der Waals surface area contributed by atoms with Crippen molar-refractivity contribution in [1.82, 2.24) is 9.88 Å². The second-order valence-corrected chi connectivity index (χ2v) is 16.1. The highest BCUT2D eigenvalue weighted by Crippen LogP contribution is 2.73. The number of allylic oxidation sites excluding steroid dienone is 1. The third-order valence-electron chi connectivity index (χ3n) is 14.3. The highest BCUT2D eigenvalue weighted by Gasteiger charge is 2.81. The van der Waals surface area contributed by atoms with Crippen LogP contribution < -0.4 is 0 Å². The molecule has 3 saturated carbocycles. The standard InChI is InChI=1S/C38H50N2O5/c1-22-18-31(44-35(43)26(22)21-40-16-8-5-9-17-40)23(2)27-11-12-28-24-20-33-38(45-33)32(41)19-25(30-10-6-7-15-39-30)34(42)37(38,4)29(24)13-14-36(27,28)3/h6-7,10,15,19,23-24,27-29,31-33,41H,5,8-9,11-14,16-18,20-21H2,1-4H3/t23-,24-,27+,28-,29-,31?,32-,33+,36+,37-,38+/m0/s1. The summed E-state index contributed by atoms with van der Waals surface area (Å²) in [5.74, 6) is 1.76. The minimum Gasteiger partial charge on any atom is -0.458 e. The van der Waals surface area contributed by atoms with Crippen LogP contribution in [0.25, 0.3) is 5.57 Å². The van der Waals surface area contributed by atoms with E-state index in [1.807, 2.05) is 18.2 Å². The molecule has 4 aliphatic carbocycles. The number of aromatic nitrogens is 1. The molecular weight excluding hydrogens is 564 g/mol. The third-order valence-corrected chi connectivity index (χ3v) is 14.3. The minimum atomic E-state index is -0.815. The largest absolute Gasteiger partial charge is 0.458 e. The van der Waals surface area contributed by atoms with Crippen molar-refractivity contribution in [3.63, 3.8) is 0 Å². The molecular formula is C38H50N2O5. The summed E-state index contributed by atoms with van der Waals surface area (Å²) < 4.78 is 12.7. The highest BCUT2D eigenvalue weighted by atomic mass is 16.6. The van der Waals surface area contributed by atoms with E-state index >= 15 is 0 Å². The number of ketones is 1. The Labute approximate surface area is 267 Å². The number of piperidine rings is 1. The Morgan fingerprint density at radius 3 is 2.62 bits per heavy atom. The minimum absolute atomic E-state index is 0.0784. The Balaban J connectivity index is 1.03. The number of hydrogen-bond donors (Lipinski definition) is 1. The van der Waals surface area contributed by atoms with Gasteiger partial charge in [-0.25, -0.2) is 4.79 Å². The van der Waals surface area contributed by atoms with Gasteiger partial charge in [-0.2, -0.15) is 0 Å². The topological polar surface area (TPSA) is 92.3 Å². The quantitative estimate of drug-likeness (QED) is 0.333. The molecule has 1 unspecified atom stereocenters.